The van der Waals surface area contributed by atoms with E-state index in [0.717, 1.165) is 11.4 Å². The molecule has 0 aliphatic heterocycles. The van der Waals surface area contributed by atoms with Crippen LogP contribution < -0.4 is 10.1 Å². The second-order valence-corrected chi connectivity index (χ2v) is 3.24. The highest BCUT2D eigenvalue weighted by molar-refractivity contribution is 5.55. The molecule has 84 valence electrons. The molecule has 1 heterocycles. The van der Waals surface area contributed by atoms with Gasteiger partial charge < -0.3 is 20.3 Å². The summed E-state index contributed by atoms with van der Waals surface area (Å²) in [7, 11) is 1.56. The highest BCUT2D eigenvalue weighted by Crippen LogP contribution is 2.23. The van der Waals surface area contributed by atoms with E-state index in [1.807, 2.05) is 13.0 Å². The van der Waals surface area contributed by atoms with Crippen LogP contribution in [0.2, 0.25) is 0 Å². The lowest BCUT2D eigenvalue weighted by molar-refractivity contribution is 0.105. The summed E-state index contributed by atoms with van der Waals surface area (Å²) in [5.74, 6) is 0.616. The van der Waals surface area contributed by atoms with E-state index >= 15 is 0 Å². The zero-order chi connectivity index (χ0) is 11.3. The maximum absolute atomic E-state index is 9.18. The first-order valence-corrected chi connectivity index (χ1v) is 4.70. The Morgan fingerprint density at radius 1 is 1.60 bits per heavy atom. The SMILES string of the molecule is COc1cnc(C)cc1NCC(O)CO. The Morgan fingerprint density at radius 3 is 2.93 bits per heavy atom. The van der Waals surface area contributed by atoms with E-state index in [1.165, 1.54) is 0 Å². The third-order valence-electron chi connectivity index (χ3n) is 1.96. The highest BCUT2D eigenvalue weighted by Gasteiger charge is 2.06. The van der Waals surface area contributed by atoms with Crippen LogP contribution >= 0.6 is 0 Å². The predicted octanol–water partition coefficient (Wildman–Crippen LogP) is 0.164. The number of hydrogen-bond donors (Lipinski definition) is 3. The predicted molar refractivity (Wildman–Crippen MR) is 57.1 cm³/mol. The molecule has 0 aromatic carbocycles. The van der Waals surface area contributed by atoms with Gasteiger partial charge in [0.25, 0.3) is 0 Å². The number of pyridine rings is 1. The van der Waals surface area contributed by atoms with Crippen LogP contribution in [0.3, 0.4) is 0 Å². The Hall–Kier alpha value is -1.33. The minimum atomic E-state index is -0.775. The van der Waals surface area contributed by atoms with Crippen molar-refractivity contribution in [1.29, 1.82) is 0 Å². The number of aromatic nitrogens is 1. The Morgan fingerprint density at radius 2 is 2.33 bits per heavy atom. The van der Waals surface area contributed by atoms with E-state index in [4.69, 9.17) is 9.84 Å². The van der Waals surface area contributed by atoms with Gasteiger partial charge in [0.2, 0.25) is 0 Å². The van der Waals surface area contributed by atoms with Crippen LogP contribution in [0.25, 0.3) is 0 Å². The quantitative estimate of drug-likeness (QED) is 0.648. The van der Waals surface area contributed by atoms with Gasteiger partial charge >= 0.3 is 0 Å². The van der Waals surface area contributed by atoms with Gasteiger partial charge in [0.1, 0.15) is 0 Å². The lowest BCUT2D eigenvalue weighted by Gasteiger charge is -2.13. The molecule has 1 aromatic rings. The van der Waals surface area contributed by atoms with Crippen LogP contribution in [0.4, 0.5) is 5.69 Å². The smallest absolute Gasteiger partial charge is 0.160 e. The molecule has 0 amide bonds. The molecule has 1 rings (SSSR count). The van der Waals surface area contributed by atoms with Gasteiger partial charge in [0.05, 0.1) is 31.7 Å². The van der Waals surface area contributed by atoms with Crippen LogP contribution in [-0.2, 0) is 0 Å². The Kier molecular flexibility index (Phi) is 4.33. The number of aryl methyl sites for hydroxylation is 1. The average Bonchev–Trinajstić information content (AvgIpc) is 2.26. The van der Waals surface area contributed by atoms with Gasteiger partial charge in [-0.05, 0) is 13.0 Å². The molecule has 1 unspecified atom stereocenters. The summed E-state index contributed by atoms with van der Waals surface area (Å²) < 4.78 is 5.10. The van der Waals surface area contributed by atoms with Gasteiger partial charge in [-0.25, -0.2) is 0 Å². The summed E-state index contributed by atoms with van der Waals surface area (Å²) in [5.41, 5.74) is 1.62. The molecule has 0 fully saturated rings. The molecule has 0 saturated carbocycles. The van der Waals surface area contributed by atoms with Crippen LogP contribution in [-0.4, -0.2) is 41.6 Å². The van der Waals surface area contributed by atoms with E-state index in [2.05, 4.69) is 10.3 Å². The summed E-state index contributed by atoms with van der Waals surface area (Å²) >= 11 is 0. The summed E-state index contributed by atoms with van der Waals surface area (Å²) in [6.07, 6.45) is 0.839. The Bertz CT molecular complexity index is 318. The van der Waals surface area contributed by atoms with Gasteiger partial charge in [0.15, 0.2) is 5.75 Å². The first-order valence-electron chi connectivity index (χ1n) is 4.70. The van der Waals surface area contributed by atoms with Crippen molar-refractivity contribution in [1.82, 2.24) is 4.98 Å². The van der Waals surface area contributed by atoms with Crippen molar-refractivity contribution in [2.45, 2.75) is 13.0 Å². The number of aliphatic hydroxyl groups excluding tert-OH is 2. The molecular formula is C10H16N2O3. The molecule has 15 heavy (non-hydrogen) atoms. The van der Waals surface area contributed by atoms with E-state index in [-0.39, 0.29) is 13.2 Å². The average molecular weight is 212 g/mol. The molecule has 0 radical (unpaired) electrons. The molecule has 0 saturated heterocycles. The number of hydrogen-bond acceptors (Lipinski definition) is 5. The van der Waals surface area contributed by atoms with E-state index < -0.39 is 6.10 Å². The lowest BCUT2D eigenvalue weighted by atomic mass is 10.3. The van der Waals surface area contributed by atoms with Crippen LogP contribution in [0.15, 0.2) is 12.3 Å². The van der Waals surface area contributed by atoms with Crippen molar-refractivity contribution in [3.8, 4) is 5.75 Å². The largest absolute Gasteiger partial charge is 0.493 e. The maximum atomic E-state index is 9.18. The molecule has 5 heteroatoms. The summed E-state index contributed by atoms with van der Waals surface area (Å²) in [4.78, 5) is 4.08. The first-order chi connectivity index (χ1) is 7.17. The van der Waals surface area contributed by atoms with Crippen molar-refractivity contribution in [3.63, 3.8) is 0 Å². The monoisotopic (exact) mass is 212 g/mol. The molecule has 0 aliphatic rings. The fourth-order valence-electron chi connectivity index (χ4n) is 1.14. The number of ether oxygens (including phenoxy) is 1. The highest BCUT2D eigenvalue weighted by atomic mass is 16.5. The topological polar surface area (TPSA) is 74.6 Å². The molecule has 1 aromatic heterocycles. The lowest BCUT2D eigenvalue weighted by Crippen LogP contribution is -2.23. The van der Waals surface area contributed by atoms with Crippen molar-refractivity contribution in [2.24, 2.45) is 0 Å². The normalized spacial score (nSPS) is 12.3. The molecule has 0 aliphatic carbocycles. The van der Waals surface area contributed by atoms with Gasteiger partial charge in [-0.2, -0.15) is 0 Å². The molecule has 0 spiro atoms. The number of methoxy groups -OCH3 is 1. The number of nitrogens with zero attached hydrogens (tertiary/aromatic N) is 1. The zero-order valence-electron chi connectivity index (χ0n) is 8.90. The minimum Gasteiger partial charge on any atom is -0.493 e. The third kappa shape index (κ3) is 3.38. The molecule has 1 atom stereocenters. The van der Waals surface area contributed by atoms with Crippen molar-refractivity contribution in [2.75, 3.05) is 25.6 Å². The van der Waals surface area contributed by atoms with E-state index in [1.54, 1.807) is 13.3 Å². The fraction of sp³-hybridized carbons (Fsp3) is 0.500. The Balaban J connectivity index is 2.69. The Labute approximate surface area is 88.7 Å². The van der Waals surface area contributed by atoms with Crippen LogP contribution in [0, 0.1) is 6.92 Å². The number of aliphatic hydroxyl groups is 2. The first kappa shape index (κ1) is 11.7. The standard InChI is InChI=1S/C10H16N2O3/c1-7-3-9(10(15-2)5-11-7)12-4-8(14)6-13/h3,5,8,13-14H,4,6H2,1-2H3,(H,11,12). The molecule has 5 nitrogen and oxygen atoms in total. The molecule has 0 bridgehead atoms. The number of nitrogens with one attached hydrogen (secondary N) is 1. The van der Waals surface area contributed by atoms with Crippen LogP contribution in [0.5, 0.6) is 5.75 Å². The van der Waals surface area contributed by atoms with Gasteiger partial charge in [0, 0.05) is 12.2 Å². The number of anilines is 1. The fourth-order valence-corrected chi connectivity index (χ4v) is 1.14. The maximum Gasteiger partial charge on any atom is 0.160 e. The van der Waals surface area contributed by atoms with Crippen molar-refractivity contribution in [3.05, 3.63) is 18.0 Å². The van der Waals surface area contributed by atoms with E-state index in [9.17, 15) is 5.11 Å². The third-order valence-corrected chi connectivity index (χ3v) is 1.96. The molecular weight excluding hydrogens is 196 g/mol. The number of rotatable bonds is 5. The minimum absolute atomic E-state index is 0.265. The van der Waals surface area contributed by atoms with Crippen molar-refractivity contribution < 1.29 is 14.9 Å². The van der Waals surface area contributed by atoms with Gasteiger partial charge in [-0.15, -0.1) is 0 Å². The van der Waals surface area contributed by atoms with Gasteiger partial charge in [-0.1, -0.05) is 0 Å². The molecule has 3 N–H and O–H groups in total. The summed E-state index contributed by atoms with van der Waals surface area (Å²) in [6, 6.07) is 1.82. The second kappa shape index (κ2) is 5.53. The van der Waals surface area contributed by atoms with Crippen molar-refractivity contribution >= 4 is 5.69 Å². The summed E-state index contributed by atoms with van der Waals surface area (Å²) in [5, 5.41) is 20.8. The van der Waals surface area contributed by atoms with E-state index in [0.29, 0.717) is 5.75 Å². The summed E-state index contributed by atoms with van der Waals surface area (Å²) in [6.45, 7) is 1.88. The van der Waals surface area contributed by atoms with Gasteiger partial charge in [-0.3, -0.25) is 4.98 Å². The zero-order valence-corrected chi connectivity index (χ0v) is 8.90. The second-order valence-electron chi connectivity index (χ2n) is 3.24. The van der Waals surface area contributed by atoms with Crippen LogP contribution in [0.1, 0.15) is 5.69 Å².